The number of hydrogen-bond donors (Lipinski definition) is 1. The van der Waals surface area contributed by atoms with Gasteiger partial charge < -0.3 is 14.5 Å². The van der Waals surface area contributed by atoms with E-state index in [1.54, 1.807) is 38.3 Å². The van der Waals surface area contributed by atoms with Crippen LogP contribution in [-0.4, -0.2) is 22.6 Å². The number of nitrogens with one attached hydrogen (secondary N) is 1. The zero-order chi connectivity index (χ0) is 18.3. The molecule has 0 fully saturated rings. The van der Waals surface area contributed by atoms with Crippen LogP contribution in [0, 0.1) is 0 Å². The van der Waals surface area contributed by atoms with E-state index in [1.165, 1.54) is 15.9 Å². The number of para-hydroxylation sites is 2. The summed E-state index contributed by atoms with van der Waals surface area (Å²) in [6, 6.07) is 11.8. The standard InChI is InChI=1S/C18H15N3O4S/c1-10(21-13-5-3-4-6-14(13)25-18(21)23)16(22)20-17-19-12-8-7-11(24-2)9-15(12)26-17/h3-10H,1-2H3,(H,19,20,22)/t10-/m1/s1. The summed E-state index contributed by atoms with van der Waals surface area (Å²) in [6.07, 6.45) is 0. The molecule has 0 spiro atoms. The molecule has 26 heavy (non-hydrogen) atoms. The zero-order valence-corrected chi connectivity index (χ0v) is 14.9. The van der Waals surface area contributed by atoms with Crippen molar-refractivity contribution >= 4 is 43.7 Å². The van der Waals surface area contributed by atoms with Gasteiger partial charge in [0.05, 0.1) is 22.8 Å². The average molecular weight is 369 g/mol. The van der Waals surface area contributed by atoms with E-state index in [0.717, 1.165) is 16.0 Å². The maximum atomic E-state index is 12.6. The van der Waals surface area contributed by atoms with E-state index in [2.05, 4.69) is 10.3 Å². The molecular formula is C18H15N3O4S. The number of oxazole rings is 1. The number of benzene rings is 2. The van der Waals surface area contributed by atoms with Gasteiger partial charge in [-0.3, -0.25) is 9.36 Å². The molecule has 0 radical (unpaired) electrons. The number of aromatic nitrogens is 2. The van der Waals surface area contributed by atoms with Gasteiger partial charge in [-0.1, -0.05) is 23.5 Å². The van der Waals surface area contributed by atoms with Crippen LogP contribution < -0.4 is 15.8 Å². The van der Waals surface area contributed by atoms with Crippen LogP contribution in [0.4, 0.5) is 5.13 Å². The second-order valence-electron chi connectivity index (χ2n) is 5.72. The molecule has 4 rings (SSSR count). The Labute approximate surface area is 151 Å². The smallest absolute Gasteiger partial charge is 0.420 e. The summed E-state index contributed by atoms with van der Waals surface area (Å²) in [5, 5.41) is 3.24. The minimum Gasteiger partial charge on any atom is -0.497 e. The molecule has 4 aromatic rings. The van der Waals surface area contributed by atoms with Gasteiger partial charge in [-0.25, -0.2) is 9.78 Å². The number of fused-ring (bicyclic) bond motifs is 2. The first kappa shape index (κ1) is 16.3. The number of rotatable bonds is 4. The molecule has 2 aromatic carbocycles. The van der Waals surface area contributed by atoms with E-state index < -0.39 is 11.8 Å². The van der Waals surface area contributed by atoms with Crippen molar-refractivity contribution in [3.8, 4) is 5.75 Å². The summed E-state index contributed by atoms with van der Waals surface area (Å²) in [6.45, 7) is 1.65. The third-order valence-electron chi connectivity index (χ3n) is 4.11. The van der Waals surface area contributed by atoms with Gasteiger partial charge in [-0.15, -0.1) is 0 Å². The molecule has 0 unspecified atom stereocenters. The lowest BCUT2D eigenvalue weighted by atomic mass is 10.2. The van der Waals surface area contributed by atoms with E-state index >= 15 is 0 Å². The van der Waals surface area contributed by atoms with Crippen LogP contribution in [-0.2, 0) is 4.79 Å². The third-order valence-corrected chi connectivity index (χ3v) is 5.04. The topological polar surface area (TPSA) is 86.4 Å². The number of methoxy groups -OCH3 is 1. The number of amides is 1. The predicted molar refractivity (Wildman–Crippen MR) is 100.0 cm³/mol. The first-order valence-corrected chi connectivity index (χ1v) is 8.74. The van der Waals surface area contributed by atoms with Crippen LogP contribution in [0.25, 0.3) is 21.3 Å². The Bertz CT molecular complexity index is 1170. The van der Waals surface area contributed by atoms with Crippen LogP contribution in [0.1, 0.15) is 13.0 Å². The van der Waals surface area contributed by atoms with E-state index in [1.807, 2.05) is 18.2 Å². The number of anilines is 1. The highest BCUT2D eigenvalue weighted by molar-refractivity contribution is 7.22. The highest BCUT2D eigenvalue weighted by Gasteiger charge is 2.22. The quantitative estimate of drug-likeness (QED) is 0.596. The predicted octanol–water partition coefficient (Wildman–Crippen LogP) is 3.41. The number of hydrogen-bond acceptors (Lipinski definition) is 6. The molecule has 0 bridgehead atoms. The number of carbonyl (C=O) groups is 1. The molecule has 1 N–H and O–H groups in total. The Morgan fingerprint density at radius 3 is 2.92 bits per heavy atom. The van der Waals surface area contributed by atoms with E-state index in [4.69, 9.17) is 9.15 Å². The summed E-state index contributed by atoms with van der Waals surface area (Å²) in [5.41, 5.74) is 1.79. The van der Waals surface area contributed by atoms with Gasteiger partial charge in [0.2, 0.25) is 5.91 Å². The van der Waals surface area contributed by atoms with Gasteiger partial charge in [0.25, 0.3) is 0 Å². The molecule has 1 atom stereocenters. The summed E-state index contributed by atoms with van der Waals surface area (Å²) >= 11 is 1.34. The maximum Gasteiger partial charge on any atom is 0.420 e. The zero-order valence-electron chi connectivity index (χ0n) is 14.1. The van der Waals surface area contributed by atoms with Gasteiger partial charge in [-0.05, 0) is 37.3 Å². The van der Waals surface area contributed by atoms with Crippen LogP contribution >= 0.6 is 11.3 Å². The minimum absolute atomic E-state index is 0.343. The van der Waals surface area contributed by atoms with Gasteiger partial charge in [0.1, 0.15) is 11.8 Å². The Kier molecular flexibility index (Phi) is 3.96. The van der Waals surface area contributed by atoms with Crippen molar-refractivity contribution in [3.05, 3.63) is 53.0 Å². The second kappa shape index (κ2) is 6.30. The van der Waals surface area contributed by atoms with Crippen molar-refractivity contribution in [2.75, 3.05) is 12.4 Å². The van der Waals surface area contributed by atoms with Crippen molar-refractivity contribution in [2.45, 2.75) is 13.0 Å². The van der Waals surface area contributed by atoms with Gasteiger partial charge in [-0.2, -0.15) is 0 Å². The minimum atomic E-state index is -0.743. The summed E-state index contributed by atoms with van der Waals surface area (Å²) < 4.78 is 12.6. The molecular weight excluding hydrogens is 354 g/mol. The van der Waals surface area contributed by atoms with Crippen molar-refractivity contribution in [3.63, 3.8) is 0 Å². The molecule has 2 aromatic heterocycles. The molecule has 0 saturated heterocycles. The van der Waals surface area contributed by atoms with Crippen LogP contribution in [0.3, 0.4) is 0 Å². The van der Waals surface area contributed by atoms with Crippen LogP contribution in [0.2, 0.25) is 0 Å². The molecule has 0 saturated carbocycles. The highest BCUT2D eigenvalue weighted by atomic mass is 32.1. The number of ether oxygens (including phenoxy) is 1. The first-order valence-electron chi connectivity index (χ1n) is 7.92. The van der Waals surface area contributed by atoms with Crippen molar-refractivity contribution in [2.24, 2.45) is 0 Å². The molecule has 0 aliphatic heterocycles. The molecule has 1 amide bonds. The second-order valence-corrected chi connectivity index (χ2v) is 6.75. The van der Waals surface area contributed by atoms with Crippen molar-refractivity contribution < 1.29 is 13.9 Å². The highest BCUT2D eigenvalue weighted by Crippen LogP contribution is 2.29. The van der Waals surface area contributed by atoms with E-state index in [9.17, 15) is 9.59 Å². The van der Waals surface area contributed by atoms with Crippen molar-refractivity contribution in [1.29, 1.82) is 0 Å². The van der Waals surface area contributed by atoms with E-state index in [0.29, 0.717) is 16.2 Å². The monoisotopic (exact) mass is 369 g/mol. The lowest BCUT2D eigenvalue weighted by Gasteiger charge is -2.11. The largest absolute Gasteiger partial charge is 0.497 e. The first-order chi connectivity index (χ1) is 12.6. The Hall–Kier alpha value is -3.13. The fraction of sp³-hybridized carbons (Fsp3) is 0.167. The maximum absolute atomic E-state index is 12.6. The molecule has 0 aliphatic carbocycles. The molecule has 2 heterocycles. The lowest BCUT2D eigenvalue weighted by molar-refractivity contribution is -0.118. The van der Waals surface area contributed by atoms with Crippen molar-refractivity contribution in [1.82, 2.24) is 9.55 Å². The normalized spacial score (nSPS) is 12.4. The molecule has 132 valence electrons. The number of carbonyl (C=O) groups excluding carboxylic acids is 1. The summed E-state index contributed by atoms with van der Waals surface area (Å²) in [5.74, 6) is -0.184. The number of nitrogens with zero attached hydrogens (tertiary/aromatic N) is 2. The van der Waals surface area contributed by atoms with Gasteiger partial charge in [0, 0.05) is 0 Å². The summed E-state index contributed by atoms with van der Waals surface area (Å²) in [4.78, 5) is 29.2. The third kappa shape index (κ3) is 2.74. The van der Waals surface area contributed by atoms with Gasteiger partial charge in [0.15, 0.2) is 10.7 Å². The fourth-order valence-corrected chi connectivity index (χ4v) is 3.66. The Morgan fingerprint density at radius 2 is 2.12 bits per heavy atom. The number of thiazole rings is 1. The Morgan fingerprint density at radius 1 is 1.31 bits per heavy atom. The molecule has 7 nitrogen and oxygen atoms in total. The molecule has 8 heteroatoms. The van der Waals surface area contributed by atoms with Gasteiger partial charge >= 0.3 is 5.76 Å². The lowest BCUT2D eigenvalue weighted by Crippen LogP contribution is -2.29. The Balaban J connectivity index is 1.63. The van der Waals surface area contributed by atoms with E-state index in [-0.39, 0.29) is 5.91 Å². The average Bonchev–Trinajstić information content (AvgIpc) is 3.19. The summed E-state index contributed by atoms with van der Waals surface area (Å²) in [7, 11) is 1.60. The molecule has 0 aliphatic rings. The fourth-order valence-electron chi connectivity index (χ4n) is 2.76. The van der Waals surface area contributed by atoms with Crippen LogP contribution in [0.15, 0.2) is 51.7 Å². The van der Waals surface area contributed by atoms with Crippen LogP contribution in [0.5, 0.6) is 5.75 Å². The SMILES string of the molecule is COc1ccc2nc(NC(=O)[C@@H](C)n3c(=O)oc4ccccc43)sc2c1.